The van der Waals surface area contributed by atoms with Crippen molar-refractivity contribution in [2.24, 2.45) is 0 Å². The van der Waals surface area contributed by atoms with Gasteiger partial charge >= 0.3 is 0 Å². The van der Waals surface area contributed by atoms with Crippen LogP contribution in [-0.4, -0.2) is 11.1 Å². The largest absolute Gasteiger partial charge is 0.241 e. The molecule has 2 aromatic carbocycles. The smallest absolute Gasteiger partial charge is 0.206 e. The Morgan fingerprint density at radius 3 is 1.37 bits per heavy atom. The van der Waals surface area contributed by atoms with E-state index >= 15 is 0 Å². The van der Waals surface area contributed by atoms with E-state index in [1.165, 1.54) is 62.5 Å². The van der Waals surface area contributed by atoms with Crippen LogP contribution in [0.15, 0.2) is 48.5 Å². The van der Waals surface area contributed by atoms with Crippen molar-refractivity contribution >= 4 is 18.1 Å². The first kappa shape index (κ1) is 22.1. The first-order chi connectivity index (χ1) is 13.1. The summed E-state index contributed by atoms with van der Waals surface area (Å²) in [5.74, 6) is 0. The van der Waals surface area contributed by atoms with Gasteiger partial charge in [-0.3, -0.25) is 0 Å². The number of unbranched alkanes of at least 4 members (excludes halogenated alkanes) is 8. The van der Waals surface area contributed by atoms with E-state index in [9.17, 15) is 4.89 Å². The van der Waals surface area contributed by atoms with E-state index < -0.39 is 7.49 Å². The molecule has 2 aromatic rings. The van der Waals surface area contributed by atoms with Gasteiger partial charge in [0.15, 0.2) is 0 Å². The molecule has 1 nitrogen and oxygen atoms in total. The Labute approximate surface area is 167 Å². The van der Waals surface area contributed by atoms with E-state index in [0.717, 1.165) is 23.2 Å². The van der Waals surface area contributed by atoms with E-state index in [1.54, 1.807) is 0 Å². The van der Waals surface area contributed by atoms with Crippen molar-refractivity contribution in [2.75, 3.05) is 6.16 Å². The van der Waals surface area contributed by atoms with Crippen molar-refractivity contribution in [3.05, 3.63) is 59.7 Å². The molecule has 0 heterocycles. The average molecular weight is 386 g/mol. The summed E-state index contributed by atoms with van der Waals surface area (Å²) < 4.78 is 0. The maximum absolute atomic E-state index is 11.7. The number of hydrogen-bond donors (Lipinski definition) is 1. The van der Waals surface area contributed by atoms with E-state index in [1.807, 2.05) is 0 Å². The van der Waals surface area contributed by atoms with Crippen molar-refractivity contribution in [2.45, 2.75) is 78.6 Å². The summed E-state index contributed by atoms with van der Waals surface area (Å²) in [6, 6.07) is 17.1. The predicted molar refractivity (Wildman–Crippen MR) is 123 cm³/mol. The van der Waals surface area contributed by atoms with Gasteiger partial charge < -0.3 is 0 Å². The van der Waals surface area contributed by atoms with Gasteiger partial charge in [0.05, 0.1) is 6.16 Å². The second kappa shape index (κ2) is 11.6. The summed E-state index contributed by atoms with van der Waals surface area (Å²) in [5, 5.41) is 2.24. The molecule has 0 amide bonds. The molecule has 0 aliphatic heterocycles. The molecule has 0 aromatic heterocycles. The van der Waals surface area contributed by atoms with Gasteiger partial charge in [-0.15, -0.1) is 0 Å². The maximum atomic E-state index is 11.7. The number of rotatable bonds is 12. The van der Waals surface area contributed by atoms with Crippen molar-refractivity contribution in [3.63, 3.8) is 0 Å². The number of hydrogen-bond acceptors (Lipinski definition) is 1. The fourth-order valence-electron chi connectivity index (χ4n) is 3.64. The van der Waals surface area contributed by atoms with Crippen LogP contribution in [0.2, 0.25) is 0 Å². The molecule has 148 valence electrons. The predicted octanol–water partition coefficient (Wildman–Crippen LogP) is 6.71. The van der Waals surface area contributed by atoms with Gasteiger partial charge in [-0.25, -0.2) is 4.89 Å². The van der Waals surface area contributed by atoms with Gasteiger partial charge in [0, 0.05) is 0 Å². The molecule has 0 bridgehead atoms. The number of aryl methyl sites for hydroxylation is 2. The Balaban J connectivity index is 1.93. The molecule has 0 fully saturated rings. The van der Waals surface area contributed by atoms with Crippen LogP contribution in [0.1, 0.15) is 75.8 Å². The lowest BCUT2D eigenvalue weighted by Gasteiger charge is -2.20. The number of benzene rings is 2. The SMILES string of the molecule is CCCCCCCCCCC[P+](O)(c1ccc(C)cc1)c1ccc(C)cc1. The van der Waals surface area contributed by atoms with Crippen LogP contribution in [0, 0.1) is 13.8 Å². The molecule has 0 spiro atoms. The Hall–Kier alpha value is -1.17. The summed E-state index contributed by atoms with van der Waals surface area (Å²) in [5.41, 5.74) is 2.49. The zero-order valence-electron chi connectivity index (χ0n) is 17.6. The highest BCUT2D eigenvalue weighted by molar-refractivity contribution is 7.84. The minimum absolute atomic E-state index is 0.898. The van der Waals surface area contributed by atoms with Crippen molar-refractivity contribution < 1.29 is 4.89 Å². The van der Waals surface area contributed by atoms with Gasteiger partial charge in [-0.1, -0.05) is 87.3 Å². The fourth-order valence-corrected chi connectivity index (χ4v) is 6.42. The quantitative estimate of drug-likeness (QED) is 0.318. The molecule has 0 saturated heterocycles. The zero-order chi connectivity index (χ0) is 19.5. The van der Waals surface area contributed by atoms with Crippen molar-refractivity contribution in [3.8, 4) is 0 Å². The Bertz CT molecular complexity index is 600. The Kier molecular flexibility index (Phi) is 9.52. The lowest BCUT2D eigenvalue weighted by Crippen LogP contribution is -2.24. The van der Waals surface area contributed by atoms with Gasteiger partial charge in [0.2, 0.25) is 7.49 Å². The van der Waals surface area contributed by atoms with Crippen molar-refractivity contribution in [1.29, 1.82) is 0 Å². The van der Waals surface area contributed by atoms with E-state index in [4.69, 9.17) is 0 Å². The lowest BCUT2D eigenvalue weighted by molar-refractivity contribution is 0.567. The molecule has 0 unspecified atom stereocenters. The normalized spacial score (nSPS) is 11.7. The Morgan fingerprint density at radius 2 is 0.963 bits per heavy atom. The maximum Gasteiger partial charge on any atom is 0.206 e. The van der Waals surface area contributed by atoms with Crippen LogP contribution < -0.4 is 10.6 Å². The third-order valence-electron chi connectivity index (χ3n) is 5.51. The summed E-state index contributed by atoms with van der Waals surface area (Å²) >= 11 is 0. The van der Waals surface area contributed by atoms with Crippen LogP contribution >= 0.6 is 7.49 Å². The first-order valence-corrected chi connectivity index (χ1v) is 12.7. The lowest BCUT2D eigenvalue weighted by atomic mass is 10.1. The summed E-state index contributed by atoms with van der Waals surface area (Å²) in [6.45, 7) is 6.48. The molecular weight excluding hydrogens is 347 g/mol. The van der Waals surface area contributed by atoms with E-state index in [2.05, 4.69) is 69.3 Å². The topological polar surface area (TPSA) is 20.2 Å². The summed E-state index contributed by atoms with van der Waals surface area (Å²) in [7, 11) is -2.28. The van der Waals surface area contributed by atoms with Gasteiger partial charge in [-0.05, 0) is 51.0 Å². The minimum Gasteiger partial charge on any atom is -0.241 e. The molecule has 2 rings (SSSR count). The summed E-state index contributed by atoms with van der Waals surface area (Å²) in [6.07, 6.45) is 12.7. The van der Waals surface area contributed by atoms with Gasteiger partial charge in [0.25, 0.3) is 0 Å². The molecule has 1 N–H and O–H groups in total. The fraction of sp³-hybridized carbons (Fsp3) is 0.520. The molecule has 0 aliphatic carbocycles. The molecular formula is C25H38OP+. The third kappa shape index (κ3) is 7.05. The molecule has 0 atom stereocenters. The average Bonchev–Trinajstić information content (AvgIpc) is 2.67. The Morgan fingerprint density at radius 1 is 0.593 bits per heavy atom. The van der Waals surface area contributed by atoms with E-state index in [0.29, 0.717) is 0 Å². The second-order valence-corrected chi connectivity index (χ2v) is 11.0. The first-order valence-electron chi connectivity index (χ1n) is 10.8. The van der Waals surface area contributed by atoms with Crippen LogP contribution in [0.4, 0.5) is 0 Å². The zero-order valence-corrected chi connectivity index (χ0v) is 18.5. The standard InChI is InChI=1S/C25H38OP/c1-4-5-6-7-8-9-10-11-12-21-27(26,24-17-13-22(2)14-18-24)25-19-15-23(3)16-20-25/h13-20,26H,4-12,21H2,1-3H3/q+1. The van der Waals surface area contributed by atoms with E-state index in [-0.39, 0.29) is 0 Å². The minimum atomic E-state index is -2.28. The third-order valence-corrected chi connectivity index (χ3v) is 8.78. The molecule has 2 heteroatoms. The van der Waals surface area contributed by atoms with Crippen LogP contribution in [0.25, 0.3) is 0 Å². The molecule has 0 aliphatic rings. The van der Waals surface area contributed by atoms with Gasteiger partial charge in [0.1, 0.15) is 10.6 Å². The summed E-state index contributed by atoms with van der Waals surface area (Å²) in [4.78, 5) is 11.7. The van der Waals surface area contributed by atoms with Gasteiger partial charge in [-0.2, -0.15) is 0 Å². The van der Waals surface area contributed by atoms with Crippen LogP contribution in [0.5, 0.6) is 0 Å². The highest BCUT2D eigenvalue weighted by atomic mass is 31.2. The second-order valence-electron chi connectivity index (χ2n) is 7.99. The molecule has 0 saturated carbocycles. The van der Waals surface area contributed by atoms with Crippen LogP contribution in [-0.2, 0) is 0 Å². The molecule has 27 heavy (non-hydrogen) atoms. The molecule has 0 radical (unpaired) electrons. The van der Waals surface area contributed by atoms with Crippen molar-refractivity contribution in [1.82, 2.24) is 0 Å². The highest BCUT2D eigenvalue weighted by Crippen LogP contribution is 2.52. The highest BCUT2D eigenvalue weighted by Gasteiger charge is 2.40. The van der Waals surface area contributed by atoms with Crippen LogP contribution in [0.3, 0.4) is 0 Å². The monoisotopic (exact) mass is 385 g/mol.